The van der Waals surface area contributed by atoms with Crippen LogP contribution in [0.2, 0.25) is 0 Å². The minimum atomic E-state index is -0.680. The van der Waals surface area contributed by atoms with E-state index >= 15 is 0 Å². The second-order valence-corrected chi connectivity index (χ2v) is 7.57. The van der Waals surface area contributed by atoms with Gasteiger partial charge >= 0.3 is 5.97 Å². The highest BCUT2D eigenvalue weighted by molar-refractivity contribution is 9.10. The van der Waals surface area contributed by atoms with Crippen molar-refractivity contribution in [3.63, 3.8) is 0 Å². The van der Waals surface area contributed by atoms with Crippen LogP contribution in [0.25, 0.3) is 0 Å². The molecule has 8 nitrogen and oxygen atoms in total. The van der Waals surface area contributed by atoms with Gasteiger partial charge in [0, 0.05) is 13.0 Å². The van der Waals surface area contributed by atoms with Crippen LogP contribution in [0.4, 0.5) is 11.4 Å². The van der Waals surface area contributed by atoms with Gasteiger partial charge in [0.15, 0.2) is 18.1 Å². The highest BCUT2D eigenvalue weighted by atomic mass is 79.9. The molecule has 1 fully saturated rings. The Hall–Kier alpha value is -3.07. The number of hydrogen-bond donors (Lipinski definition) is 1. The first-order valence-electron chi connectivity index (χ1n) is 9.81. The van der Waals surface area contributed by atoms with Crippen LogP contribution in [0, 0.1) is 0 Å². The summed E-state index contributed by atoms with van der Waals surface area (Å²) in [5.41, 5.74) is 1.33. The van der Waals surface area contributed by atoms with Crippen molar-refractivity contribution in [2.24, 2.45) is 0 Å². The van der Waals surface area contributed by atoms with Crippen molar-refractivity contribution in [2.45, 2.75) is 19.8 Å². The van der Waals surface area contributed by atoms with Gasteiger partial charge in [-0.05, 0) is 53.5 Å². The second-order valence-electron chi connectivity index (χ2n) is 6.71. The van der Waals surface area contributed by atoms with Gasteiger partial charge in [0.25, 0.3) is 5.91 Å². The number of carbonyl (C=O) groups is 3. The molecule has 1 saturated heterocycles. The van der Waals surface area contributed by atoms with Crippen molar-refractivity contribution < 1.29 is 28.6 Å². The fourth-order valence-corrected chi connectivity index (χ4v) is 3.80. The molecule has 2 aromatic rings. The van der Waals surface area contributed by atoms with E-state index in [1.165, 1.54) is 13.2 Å². The average molecular weight is 491 g/mol. The molecule has 1 aliphatic rings. The van der Waals surface area contributed by atoms with Crippen LogP contribution < -0.4 is 19.7 Å². The van der Waals surface area contributed by atoms with Crippen LogP contribution in [-0.4, -0.2) is 44.7 Å². The van der Waals surface area contributed by atoms with E-state index in [4.69, 9.17) is 14.2 Å². The van der Waals surface area contributed by atoms with Crippen molar-refractivity contribution >= 4 is 45.1 Å². The summed E-state index contributed by atoms with van der Waals surface area (Å²) in [6.07, 6.45) is 1.26. The van der Waals surface area contributed by atoms with Gasteiger partial charge in [-0.15, -0.1) is 0 Å². The standard InChI is InChI=1S/C22H23BrN2O6/c1-3-30-21-15(23)11-14(12-18(21)29-2)22(28)31-13-19(26)24-16-7-4-5-8-17(16)25-10-6-9-20(25)27/h4-5,7-8,11-12H,3,6,9-10,13H2,1-2H3,(H,24,26). The topological polar surface area (TPSA) is 94.2 Å². The zero-order chi connectivity index (χ0) is 22.4. The number of methoxy groups -OCH3 is 1. The maximum atomic E-state index is 12.4. The third-order valence-corrected chi connectivity index (χ3v) is 5.22. The summed E-state index contributed by atoms with van der Waals surface area (Å²) in [6.45, 7) is 2.40. The molecule has 164 valence electrons. The Morgan fingerprint density at radius 2 is 2.00 bits per heavy atom. The van der Waals surface area contributed by atoms with Crippen LogP contribution in [0.15, 0.2) is 40.9 Å². The van der Waals surface area contributed by atoms with Gasteiger partial charge < -0.3 is 24.4 Å². The molecule has 31 heavy (non-hydrogen) atoms. The van der Waals surface area contributed by atoms with Gasteiger partial charge in [-0.2, -0.15) is 0 Å². The molecular weight excluding hydrogens is 468 g/mol. The number of nitrogens with zero attached hydrogens (tertiary/aromatic N) is 1. The number of rotatable bonds is 8. The van der Waals surface area contributed by atoms with Gasteiger partial charge in [-0.1, -0.05) is 12.1 Å². The highest BCUT2D eigenvalue weighted by Gasteiger charge is 2.24. The van der Waals surface area contributed by atoms with E-state index in [0.717, 1.165) is 6.42 Å². The summed E-state index contributed by atoms with van der Waals surface area (Å²) < 4.78 is 16.5. The van der Waals surface area contributed by atoms with Crippen LogP contribution in [0.3, 0.4) is 0 Å². The molecule has 0 saturated carbocycles. The zero-order valence-electron chi connectivity index (χ0n) is 17.3. The first-order chi connectivity index (χ1) is 14.9. The zero-order valence-corrected chi connectivity index (χ0v) is 18.9. The van der Waals surface area contributed by atoms with E-state index in [1.807, 2.05) is 6.92 Å². The third kappa shape index (κ3) is 5.35. The monoisotopic (exact) mass is 490 g/mol. The summed E-state index contributed by atoms with van der Waals surface area (Å²) in [5.74, 6) is -0.322. The maximum absolute atomic E-state index is 12.4. The fraction of sp³-hybridized carbons (Fsp3) is 0.318. The van der Waals surface area contributed by atoms with Gasteiger partial charge in [0.1, 0.15) is 0 Å². The molecule has 0 aliphatic carbocycles. The molecule has 1 N–H and O–H groups in total. The molecule has 1 heterocycles. The summed E-state index contributed by atoms with van der Waals surface area (Å²) in [5, 5.41) is 2.71. The Morgan fingerprint density at radius 1 is 1.23 bits per heavy atom. The smallest absolute Gasteiger partial charge is 0.338 e. The minimum absolute atomic E-state index is 0.0168. The molecule has 1 aliphatic heterocycles. The molecule has 0 atom stereocenters. The molecule has 0 unspecified atom stereocenters. The van der Waals surface area contributed by atoms with E-state index in [0.29, 0.717) is 46.9 Å². The van der Waals surface area contributed by atoms with Crippen molar-refractivity contribution in [3.05, 3.63) is 46.4 Å². The summed E-state index contributed by atoms with van der Waals surface area (Å²) in [4.78, 5) is 38.5. The largest absolute Gasteiger partial charge is 0.493 e. The molecular formula is C22H23BrN2O6. The van der Waals surface area contributed by atoms with E-state index < -0.39 is 18.5 Å². The van der Waals surface area contributed by atoms with Crippen molar-refractivity contribution in [1.29, 1.82) is 0 Å². The number of halogens is 1. The van der Waals surface area contributed by atoms with E-state index in [-0.39, 0.29) is 11.5 Å². The second kappa shape index (κ2) is 10.3. The Morgan fingerprint density at radius 3 is 2.68 bits per heavy atom. The first-order valence-corrected chi connectivity index (χ1v) is 10.6. The molecule has 0 bridgehead atoms. The number of carbonyl (C=O) groups excluding carboxylic acids is 3. The molecule has 3 rings (SSSR count). The minimum Gasteiger partial charge on any atom is -0.493 e. The number of benzene rings is 2. The summed E-state index contributed by atoms with van der Waals surface area (Å²) >= 11 is 3.35. The predicted octanol–water partition coefficient (Wildman–Crippen LogP) is 3.78. The number of amides is 2. The molecule has 0 spiro atoms. The number of ether oxygens (including phenoxy) is 3. The number of hydrogen-bond acceptors (Lipinski definition) is 6. The van der Waals surface area contributed by atoms with Gasteiger partial charge in [0.2, 0.25) is 5.91 Å². The molecule has 2 amide bonds. The highest BCUT2D eigenvalue weighted by Crippen LogP contribution is 2.37. The van der Waals surface area contributed by atoms with Crippen molar-refractivity contribution in [2.75, 3.05) is 37.1 Å². The normalized spacial score (nSPS) is 13.1. The van der Waals surface area contributed by atoms with Crippen LogP contribution in [0.1, 0.15) is 30.1 Å². The first kappa shape index (κ1) is 22.6. The quantitative estimate of drug-likeness (QED) is 0.565. The van der Waals surface area contributed by atoms with Crippen LogP contribution >= 0.6 is 15.9 Å². The van der Waals surface area contributed by atoms with Gasteiger partial charge in [0.05, 0.1) is 35.1 Å². The average Bonchev–Trinajstić information content (AvgIpc) is 3.19. The lowest BCUT2D eigenvalue weighted by molar-refractivity contribution is -0.119. The van der Waals surface area contributed by atoms with Crippen LogP contribution in [-0.2, 0) is 14.3 Å². The SMILES string of the molecule is CCOc1c(Br)cc(C(=O)OCC(=O)Nc2ccccc2N2CCCC2=O)cc1OC. The Kier molecular flexibility index (Phi) is 7.51. The predicted molar refractivity (Wildman–Crippen MR) is 119 cm³/mol. The van der Waals surface area contributed by atoms with Gasteiger partial charge in [-0.3, -0.25) is 9.59 Å². The maximum Gasteiger partial charge on any atom is 0.338 e. The van der Waals surface area contributed by atoms with Gasteiger partial charge in [-0.25, -0.2) is 4.79 Å². The molecule has 0 radical (unpaired) electrons. The lowest BCUT2D eigenvalue weighted by Gasteiger charge is -2.20. The van der Waals surface area contributed by atoms with Crippen molar-refractivity contribution in [1.82, 2.24) is 0 Å². The Labute approximate surface area is 188 Å². The lowest BCUT2D eigenvalue weighted by Crippen LogP contribution is -2.27. The van der Waals surface area contributed by atoms with E-state index in [9.17, 15) is 14.4 Å². The summed E-state index contributed by atoms with van der Waals surface area (Å²) in [6, 6.07) is 10.1. The third-order valence-electron chi connectivity index (χ3n) is 4.63. The Balaban J connectivity index is 1.65. The number of esters is 1. The number of anilines is 2. The molecule has 2 aromatic carbocycles. The van der Waals surface area contributed by atoms with Crippen LogP contribution in [0.5, 0.6) is 11.5 Å². The number of nitrogens with one attached hydrogen (secondary N) is 1. The van der Waals surface area contributed by atoms with Crippen molar-refractivity contribution in [3.8, 4) is 11.5 Å². The molecule has 9 heteroatoms. The van der Waals surface area contributed by atoms with E-state index in [2.05, 4.69) is 21.2 Å². The lowest BCUT2D eigenvalue weighted by atomic mass is 10.2. The summed E-state index contributed by atoms with van der Waals surface area (Å²) in [7, 11) is 1.47. The fourth-order valence-electron chi connectivity index (χ4n) is 3.24. The Bertz CT molecular complexity index is 994. The number of para-hydroxylation sites is 2. The molecule has 0 aromatic heterocycles. The van der Waals surface area contributed by atoms with E-state index in [1.54, 1.807) is 35.2 Å².